The van der Waals surface area contributed by atoms with Crippen molar-refractivity contribution in [2.75, 3.05) is 0 Å². The van der Waals surface area contributed by atoms with Gasteiger partial charge < -0.3 is 14.8 Å². The van der Waals surface area contributed by atoms with Crippen LogP contribution in [0.15, 0.2) is 68.9 Å². The third kappa shape index (κ3) is 4.51. The molecule has 2 heterocycles. The molecule has 3 aromatic rings. The van der Waals surface area contributed by atoms with Crippen LogP contribution < -0.4 is 5.32 Å². The lowest BCUT2D eigenvalue weighted by atomic mass is 10.1. The Morgan fingerprint density at radius 2 is 1.97 bits per heavy atom. The summed E-state index contributed by atoms with van der Waals surface area (Å²) in [6, 6.07) is 14.6. The van der Waals surface area contributed by atoms with E-state index < -0.39 is 4.92 Å². The van der Waals surface area contributed by atoms with Gasteiger partial charge in [0.2, 0.25) is 0 Å². The summed E-state index contributed by atoms with van der Waals surface area (Å²) >= 11 is 1.18. The summed E-state index contributed by atoms with van der Waals surface area (Å²) in [5.74, 6) is 0.175. The maximum atomic E-state index is 12.3. The molecule has 1 saturated heterocycles. The van der Waals surface area contributed by atoms with Crippen molar-refractivity contribution < 1.29 is 19.2 Å². The van der Waals surface area contributed by atoms with Crippen molar-refractivity contribution in [2.45, 2.75) is 13.3 Å². The van der Waals surface area contributed by atoms with E-state index in [4.69, 9.17) is 4.42 Å². The largest absolute Gasteiger partial charge is 0.507 e. The number of benzene rings is 2. The van der Waals surface area contributed by atoms with Gasteiger partial charge in [-0.2, -0.15) is 0 Å². The van der Waals surface area contributed by atoms with Gasteiger partial charge in [0, 0.05) is 18.2 Å². The molecule has 156 valence electrons. The Bertz CT molecular complexity index is 1230. The smallest absolute Gasteiger partial charge is 0.270 e. The van der Waals surface area contributed by atoms with Crippen LogP contribution in [0, 0.1) is 10.1 Å². The Hall–Kier alpha value is -3.85. The fourth-order valence-corrected chi connectivity index (χ4v) is 3.77. The number of nitro groups is 1. The fraction of sp³-hybridized carbons (Fsp3) is 0.0909. The zero-order chi connectivity index (χ0) is 22.0. The standard InChI is InChI=1S/C22H17N3O5S/c1-2-13-3-5-14(6-4-13)23-22-24-21(27)20(31-22)12-16-8-10-19(30-16)17-11-15(25(28)29)7-9-18(17)26/h3-12,26H,2H2,1H3,(H,23,24,27)/b20-12-. The first-order valence-corrected chi connectivity index (χ1v) is 10.2. The first kappa shape index (κ1) is 20.4. The summed E-state index contributed by atoms with van der Waals surface area (Å²) in [6.07, 6.45) is 2.50. The molecule has 1 aromatic heterocycles. The van der Waals surface area contributed by atoms with E-state index >= 15 is 0 Å². The number of rotatable bonds is 5. The highest BCUT2D eigenvalue weighted by Crippen LogP contribution is 2.35. The van der Waals surface area contributed by atoms with Gasteiger partial charge in [0.05, 0.1) is 21.1 Å². The molecule has 9 heteroatoms. The van der Waals surface area contributed by atoms with Gasteiger partial charge in [0.25, 0.3) is 11.6 Å². The maximum Gasteiger partial charge on any atom is 0.270 e. The molecule has 0 radical (unpaired) electrons. The van der Waals surface area contributed by atoms with Crippen LogP contribution in [0.1, 0.15) is 18.2 Å². The number of non-ortho nitro benzene ring substituents is 1. The average Bonchev–Trinajstić information content (AvgIpc) is 3.35. The molecule has 8 nitrogen and oxygen atoms in total. The van der Waals surface area contributed by atoms with Crippen LogP contribution in [-0.4, -0.2) is 21.1 Å². The summed E-state index contributed by atoms with van der Waals surface area (Å²) in [5, 5.41) is 24.2. The second-order valence-electron chi connectivity index (χ2n) is 6.66. The average molecular weight is 435 g/mol. The lowest BCUT2D eigenvalue weighted by Crippen LogP contribution is -2.19. The Labute approximate surface area is 181 Å². The number of phenolic OH excluding ortho intramolecular Hbond substituents is 1. The number of nitrogens with one attached hydrogen (secondary N) is 1. The van der Waals surface area contributed by atoms with E-state index in [1.807, 2.05) is 24.3 Å². The van der Waals surface area contributed by atoms with Crippen LogP contribution >= 0.6 is 11.8 Å². The number of hydrogen-bond acceptors (Lipinski definition) is 7. The SMILES string of the molecule is CCc1ccc(N=C2NC(=O)/C(=C/c3ccc(-c4cc([N+](=O)[O-])ccc4O)o3)S2)cc1. The van der Waals surface area contributed by atoms with E-state index in [1.165, 1.54) is 35.5 Å². The van der Waals surface area contributed by atoms with Crippen molar-refractivity contribution in [3.8, 4) is 17.1 Å². The van der Waals surface area contributed by atoms with Crippen molar-refractivity contribution in [1.82, 2.24) is 5.32 Å². The molecule has 31 heavy (non-hydrogen) atoms. The molecule has 0 unspecified atom stereocenters. The van der Waals surface area contributed by atoms with Gasteiger partial charge in [-0.05, 0) is 54.1 Å². The van der Waals surface area contributed by atoms with Crippen LogP contribution in [-0.2, 0) is 11.2 Å². The second kappa shape index (κ2) is 8.49. The van der Waals surface area contributed by atoms with E-state index in [9.17, 15) is 20.0 Å². The molecule has 1 amide bonds. The lowest BCUT2D eigenvalue weighted by Gasteiger charge is -2.01. The monoisotopic (exact) mass is 435 g/mol. The van der Waals surface area contributed by atoms with Gasteiger partial charge in [0.1, 0.15) is 17.3 Å². The number of thioether (sulfide) groups is 1. The summed E-state index contributed by atoms with van der Waals surface area (Å²) in [4.78, 5) is 27.6. The van der Waals surface area contributed by atoms with Crippen molar-refractivity contribution >= 4 is 40.3 Å². The number of carbonyl (C=O) groups excluding carboxylic acids is 1. The third-order valence-electron chi connectivity index (χ3n) is 4.58. The number of aliphatic imine (C=N–C) groups is 1. The summed E-state index contributed by atoms with van der Waals surface area (Å²) in [7, 11) is 0. The number of nitro benzene ring substituents is 1. The Kier molecular flexibility index (Phi) is 5.59. The van der Waals surface area contributed by atoms with Gasteiger partial charge >= 0.3 is 0 Å². The number of amidine groups is 1. The van der Waals surface area contributed by atoms with Crippen LogP contribution in [0.25, 0.3) is 17.4 Å². The van der Waals surface area contributed by atoms with Crippen molar-refractivity contribution in [1.29, 1.82) is 0 Å². The predicted molar refractivity (Wildman–Crippen MR) is 119 cm³/mol. The topological polar surface area (TPSA) is 118 Å². The highest BCUT2D eigenvalue weighted by Gasteiger charge is 2.24. The van der Waals surface area contributed by atoms with Gasteiger partial charge in [0.15, 0.2) is 5.17 Å². The molecule has 1 fully saturated rings. The number of amides is 1. The highest BCUT2D eigenvalue weighted by atomic mass is 32.2. The minimum Gasteiger partial charge on any atom is -0.507 e. The molecule has 0 atom stereocenters. The summed E-state index contributed by atoms with van der Waals surface area (Å²) in [6.45, 7) is 2.07. The molecule has 1 aliphatic heterocycles. The number of phenols is 1. The number of furan rings is 1. The molecule has 4 rings (SSSR count). The normalized spacial score (nSPS) is 16.1. The number of aryl methyl sites for hydroxylation is 1. The van der Waals surface area contributed by atoms with Crippen molar-refractivity contribution in [3.63, 3.8) is 0 Å². The number of aromatic hydroxyl groups is 1. The zero-order valence-electron chi connectivity index (χ0n) is 16.4. The maximum absolute atomic E-state index is 12.3. The number of hydrogen-bond donors (Lipinski definition) is 2. The van der Waals surface area contributed by atoms with Gasteiger partial charge in [-0.3, -0.25) is 14.9 Å². The quantitative estimate of drug-likeness (QED) is 0.330. The van der Waals surface area contributed by atoms with Crippen molar-refractivity contribution in [3.05, 3.63) is 80.9 Å². The number of carbonyl (C=O) groups is 1. The van der Waals surface area contributed by atoms with Crippen LogP contribution in [0.5, 0.6) is 5.75 Å². The minimum absolute atomic E-state index is 0.143. The van der Waals surface area contributed by atoms with Crippen LogP contribution in [0.2, 0.25) is 0 Å². The zero-order valence-corrected chi connectivity index (χ0v) is 17.2. The first-order chi connectivity index (χ1) is 14.9. The molecule has 0 spiro atoms. The molecule has 2 aromatic carbocycles. The summed E-state index contributed by atoms with van der Waals surface area (Å²) < 4.78 is 5.68. The molecule has 0 saturated carbocycles. The van der Waals surface area contributed by atoms with E-state index in [1.54, 1.807) is 18.2 Å². The van der Waals surface area contributed by atoms with Gasteiger partial charge in [-0.15, -0.1) is 0 Å². The summed E-state index contributed by atoms with van der Waals surface area (Å²) in [5.41, 5.74) is 1.97. The molecule has 0 aliphatic carbocycles. The predicted octanol–water partition coefficient (Wildman–Crippen LogP) is 5.01. The van der Waals surface area contributed by atoms with Gasteiger partial charge in [-0.1, -0.05) is 19.1 Å². The Morgan fingerprint density at radius 3 is 2.68 bits per heavy atom. The second-order valence-corrected chi connectivity index (χ2v) is 7.69. The third-order valence-corrected chi connectivity index (χ3v) is 5.49. The molecular formula is C22H17N3O5S. The fourth-order valence-electron chi connectivity index (χ4n) is 2.94. The van der Waals surface area contributed by atoms with Crippen LogP contribution in [0.3, 0.4) is 0 Å². The molecule has 1 aliphatic rings. The van der Waals surface area contributed by atoms with E-state index in [0.717, 1.165) is 12.1 Å². The molecule has 2 N–H and O–H groups in total. The Balaban J connectivity index is 1.55. The Morgan fingerprint density at radius 1 is 1.19 bits per heavy atom. The minimum atomic E-state index is -0.551. The molecule has 0 bridgehead atoms. The highest BCUT2D eigenvalue weighted by molar-refractivity contribution is 8.18. The first-order valence-electron chi connectivity index (χ1n) is 9.39. The van der Waals surface area contributed by atoms with Gasteiger partial charge in [-0.25, -0.2) is 4.99 Å². The van der Waals surface area contributed by atoms with E-state index in [2.05, 4.69) is 17.2 Å². The van der Waals surface area contributed by atoms with E-state index in [0.29, 0.717) is 15.8 Å². The molecular weight excluding hydrogens is 418 g/mol. The van der Waals surface area contributed by atoms with Crippen molar-refractivity contribution in [2.24, 2.45) is 4.99 Å². The number of nitrogens with zero attached hydrogens (tertiary/aromatic N) is 2. The van der Waals surface area contributed by atoms with Crippen LogP contribution in [0.4, 0.5) is 11.4 Å². The lowest BCUT2D eigenvalue weighted by molar-refractivity contribution is -0.384. The van der Waals surface area contributed by atoms with E-state index in [-0.39, 0.29) is 28.7 Å².